The third kappa shape index (κ3) is 5.31. The van der Waals surface area contributed by atoms with Crippen molar-refractivity contribution in [2.24, 2.45) is 0 Å². The number of nitrogens with zero attached hydrogens (tertiary/aromatic N) is 1. The van der Waals surface area contributed by atoms with Crippen LogP contribution in [0.1, 0.15) is 61.3 Å². The van der Waals surface area contributed by atoms with Crippen LogP contribution >= 0.6 is 0 Å². The summed E-state index contributed by atoms with van der Waals surface area (Å²) in [4.78, 5) is 14.8. The average Bonchev–Trinajstić information content (AvgIpc) is 3.01. The van der Waals surface area contributed by atoms with Crippen LogP contribution in [0.4, 0.5) is 0 Å². The first-order valence-corrected chi connectivity index (χ1v) is 11.1. The van der Waals surface area contributed by atoms with Gasteiger partial charge in [0, 0.05) is 18.5 Å². The smallest absolute Gasteiger partial charge is 0.227 e. The maximum atomic E-state index is 12.9. The summed E-state index contributed by atoms with van der Waals surface area (Å²) < 4.78 is 5.89. The Morgan fingerprint density at radius 3 is 2.80 bits per heavy atom. The number of ether oxygens (including phenoxy) is 1. The number of rotatable bonds is 6. The van der Waals surface area contributed by atoms with Gasteiger partial charge in [-0.05, 0) is 61.8 Å². The summed E-state index contributed by atoms with van der Waals surface area (Å²) in [7, 11) is 0. The fourth-order valence-electron chi connectivity index (χ4n) is 4.32. The Morgan fingerprint density at radius 2 is 2.00 bits per heavy atom. The number of amides is 1. The van der Waals surface area contributed by atoms with Crippen molar-refractivity contribution < 1.29 is 14.6 Å². The maximum Gasteiger partial charge on any atom is 0.227 e. The zero-order valence-corrected chi connectivity index (χ0v) is 17.6. The standard InChI is InChI=1S/C26H31NO3/c28-24(13-11-20-7-3-1-4-8-20)22-12-14-25-23(18-22)19-27(15-16-30-25)26(29)17-21-9-5-2-6-10-21/h1,3-4,7-9,12,14,18,24,28H,2,5-6,10-11,13,15-17,19H2. The minimum absolute atomic E-state index is 0.176. The Kier molecular flexibility index (Phi) is 6.85. The fourth-order valence-corrected chi connectivity index (χ4v) is 4.32. The van der Waals surface area contributed by atoms with Crippen molar-refractivity contribution in [1.29, 1.82) is 0 Å². The normalized spacial score (nSPS) is 17.4. The van der Waals surface area contributed by atoms with E-state index < -0.39 is 6.10 Å². The third-order valence-electron chi connectivity index (χ3n) is 6.11. The molecule has 30 heavy (non-hydrogen) atoms. The highest BCUT2D eigenvalue weighted by Crippen LogP contribution is 2.29. The SMILES string of the molecule is O=C(CC1=CCCCC1)N1CCOc2ccc(C(O)CCc3ccccc3)cc2C1. The topological polar surface area (TPSA) is 49.8 Å². The second kappa shape index (κ2) is 9.94. The molecule has 1 N–H and O–H groups in total. The Bertz CT molecular complexity index is 890. The van der Waals surface area contributed by atoms with Gasteiger partial charge in [-0.1, -0.05) is 48.0 Å². The molecule has 1 unspecified atom stereocenters. The van der Waals surface area contributed by atoms with E-state index in [2.05, 4.69) is 18.2 Å². The van der Waals surface area contributed by atoms with E-state index in [-0.39, 0.29) is 5.91 Å². The fraction of sp³-hybridized carbons (Fsp3) is 0.423. The van der Waals surface area contributed by atoms with E-state index in [1.54, 1.807) is 0 Å². The summed E-state index contributed by atoms with van der Waals surface area (Å²) in [6.45, 7) is 1.65. The first-order chi connectivity index (χ1) is 14.7. The monoisotopic (exact) mass is 405 g/mol. The van der Waals surface area contributed by atoms with Gasteiger partial charge in [0.15, 0.2) is 0 Å². The molecule has 4 rings (SSSR count). The molecule has 0 saturated carbocycles. The van der Waals surface area contributed by atoms with E-state index in [1.807, 2.05) is 41.3 Å². The van der Waals surface area contributed by atoms with E-state index in [0.29, 0.717) is 32.5 Å². The van der Waals surface area contributed by atoms with Crippen molar-refractivity contribution in [3.8, 4) is 5.75 Å². The first kappa shape index (κ1) is 20.7. The van der Waals surface area contributed by atoms with E-state index in [0.717, 1.165) is 36.1 Å². The predicted molar refractivity (Wildman–Crippen MR) is 118 cm³/mol. The lowest BCUT2D eigenvalue weighted by atomic mass is 9.96. The second-order valence-electron chi connectivity index (χ2n) is 8.36. The largest absolute Gasteiger partial charge is 0.491 e. The van der Waals surface area contributed by atoms with Gasteiger partial charge in [0.05, 0.1) is 12.6 Å². The summed E-state index contributed by atoms with van der Waals surface area (Å²) >= 11 is 0. The van der Waals surface area contributed by atoms with E-state index in [1.165, 1.54) is 24.0 Å². The number of allylic oxidation sites excluding steroid dienone is 1. The van der Waals surface area contributed by atoms with Crippen LogP contribution < -0.4 is 4.74 Å². The average molecular weight is 406 g/mol. The van der Waals surface area contributed by atoms with Crippen LogP contribution in [0.5, 0.6) is 5.75 Å². The molecule has 158 valence electrons. The molecule has 0 bridgehead atoms. The van der Waals surface area contributed by atoms with Crippen LogP contribution in [0, 0.1) is 0 Å². The number of hydrogen-bond acceptors (Lipinski definition) is 3. The number of aliphatic hydroxyl groups is 1. The van der Waals surface area contributed by atoms with Crippen molar-refractivity contribution in [2.75, 3.05) is 13.2 Å². The summed E-state index contributed by atoms with van der Waals surface area (Å²) in [6, 6.07) is 16.1. The number of fused-ring (bicyclic) bond motifs is 1. The molecule has 1 atom stereocenters. The molecule has 0 spiro atoms. The van der Waals surface area contributed by atoms with E-state index >= 15 is 0 Å². The number of carbonyl (C=O) groups excluding carboxylic acids is 1. The highest BCUT2D eigenvalue weighted by atomic mass is 16.5. The zero-order valence-electron chi connectivity index (χ0n) is 17.6. The molecule has 2 aliphatic rings. The lowest BCUT2D eigenvalue weighted by molar-refractivity contribution is -0.131. The molecule has 1 aliphatic heterocycles. The van der Waals surface area contributed by atoms with Crippen molar-refractivity contribution in [2.45, 2.75) is 57.6 Å². The summed E-state index contributed by atoms with van der Waals surface area (Å²) in [6.07, 6.45) is 8.29. The number of benzene rings is 2. The minimum Gasteiger partial charge on any atom is -0.491 e. The van der Waals surface area contributed by atoms with Gasteiger partial charge >= 0.3 is 0 Å². The third-order valence-corrected chi connectivity index (χ3v) is 6.11. The molecule has 0 radical (unpaired) electrons. The van der Waals surface area contributed by atoms with Gasteiger partial charge in [0.25, 0.3) is 0 Å². The molecule has 4 nitrogen and oxygen atoms in total. The molecule has 2 aromatic carbocycles. The van der Waals surface area contributed by atoms with Crippen LogP contribution in [-0.4, -0.2) is 29.1 Å². The van der Waals surface area contributed by atoms with Crippen molar-refractivity contribution in [3.05, 3.63) is 76.9 Å². The van der Waals surface area contributed by atoms with Gasteiger partial charge < -0.3 is 14.7 Å². The van der Waals surface area contributed by atoms with Gasteiger partial charge in [0.2, 0.25) is 5.91 Å². The summed E-state index contributed by atoms with van der Waals surface area (Å²) in [5.74, 6) is 0.996. The Balaban J connectivity index is 1.41. The maximum absolute atomic E-state index is 12.9. The van der Waals surface area contributed by atoms with Crippen LogP contribution in [0.15, 0.2) is 60.2 Å². The number of carbonyl (C=O) groups is 1. The predicted octanol–water partition coefficient (Wildman–Crippen LogP) is 4.96. The Labute approximate surface area is 179 Å². The zero-order chi connectivity index (χ0) is 20.8. The van der Waals surface area contributed by atoms with Crippen LogP contribution in [0.3, 0.4) is 0 Å². The number of hydrogen-bond donors (Lipinski definition) is 1. The van der Waals surface area contributed by atoms with Gasteiger partial charge in [-0.25, -0.2) is 0 Å². The summed E-state index contributed by atoms with van der Waals surface area (Å²) in [5.41, 5.74) is 4.37. The van der Waals surface area contributed by atoms with Crippen LogP contribution in [0.2, 0.25) is 0 Å². The van der Waals surface area contributed by atoms with Gasteiger partial charge in [-0.2, -0.15) is 0 Å². The second-order valence-corrected chi connectivity index (χ2v) is 8.36. The molecule has 0 saturated heterocycles. The highest BCUT2D eigenvalue weighted by Gasteiger charge is 2.22. The van der Waals surface area contributed by atoms with Gasteiger partial charge in [-0.15, -0.1) is 0 Å². The van der Waals surface area contributed by atoms with Gasteiger partial charge in [-0.3, -0.25) is 4.79 Å². The number of aliphatic hydroxyl groups excluding tert-OH is 1. The molecule has 1 amide bonds. The van der Waals surface area contributed by atoms with Gasteiger partial charge in [0.1, 0.15) is 12.4 Å². The lowest BCUT2D eigenvalue weighted by Gasteiger charge is -2.22. The summed E-state index contributed by atoms with van der Waals surface area (Å²) in [5, 5.41) is 10.7. The molecule has 4 heteroatoms. The molecular weight excluding hydrogens is 374 g/mol. The first-order valence-electron chi connectivity index (χ1n) is 11.1. The van der Waals surface area contributed by atoms with Crippen molar-refractivity contribution in [1.82, 2.24) is 4.90 Å². The van der Waals surface area contributed by atoms with E-state index in [4.69, 9.17) is 4.74 Å². The minimum atomic E-state index is -0.532. The van der Waals surface area contributed by atoms with E-state index in [9.17, 15) is 9.90 Å². The number of aryl methyl sites for hydroxylation is 1. The Morgan fingerprint density at radius 1 is 1.13 bits per heavy atom. The molecule has 1 heterocycles. The van der Waals surface area contributed by atoms with Crippen molar-refractivity contribution in [3.63, 3.8) is 0 Å². The molecule has 2 aromatic rings. The highest BCUT2D eigenvalue weighted by molar-refractivity contribution is 5.79. The Hall–Kier alpha value is -2.59. The molecule has 1 aliphatic carbocycles. The quantitative estimate of drug-likeness (QED) is 0.691. The van der Waals surface area contributed by atoms with Crippen LogP contribution in [0.25, 0.3) is 0 Å². The molecule has 0 aromatic heterocycles. The molecular formula is C26H31NO3. The lowest BCUT2D eigenvalue weighted by Crippen LogP contribution is -2.32. The van der Waals surface area contributed by atoms with Crippen LogP contribution in [-0.2, 0) is 17.8 Å². The van der Waals surface area contributed by atoms with Crippen molar-refractivity contribution >= 4 is 5.91 Å². The molecule has 0 fully saturated rings.